The van der Waals surface area contributed by atoms with Crippen LogP contribution in [0, 0.1) is 11.8 Å². The van der Waals surface area contributed by atoms with Crippen molar-refractivity contribution in [1.82, 2.24) is 5.32 Å². The first-order chi connectivity index (χ1) is 8.01. The molecule has 1 heterocycles. The summed E-state index contributed by atoms with van der Waals surface area (Å²) in [7, 11) is 2.68. The Kier molecular flexibility index (Phi) is 4.69. The minimum Gasteiger partial charge on any atom is -0.469 e. The Morgan fingerprint density at radius 1 is 1.35 bits per heavy atom. The van der Waals surface area contributed by atoms with Crippen LogP contribution in [-0.2, 0) is 19.1 Å². The van der Waals surface area contributed by atoms with Crippen LogP contribution in [-0.4, -0.2) is 38.7 Å². The first kappa shape index (κ1) is 13.7. The molecule has 5 nitrogen and oxygen atoms in total. The van der Waals surface area contributed by atoms with Crippen molar-refractivity contribution in [1.29, 1.82) is 0 Å². The molecule has 0 aromatic carbocycles. The Hall–Kier alpha value is -1.36. The second-order valence-electron chi connectivity index (χ2n) is 4.31. The van der Waals surface area contributed by atoms with Gasteiger partial charge in [-0.2, -0.15) is 0 Å². The summed E-state index contributed by atoms with van der Waals surface area (Å²) >= 11 is 0. The summed E-state index contributed by atoms with van der Waals surface area (Å²) in [5.74, 6) is -0.716. The molecule has 1 saturated heterocycles. The number of hydrogen-bond donors (Lipinski definition) is 1. The summed E-state index contributed by atoms with van der Waals surface area (Å²) in [5.41, 5.74) is 0.956. The third kappa shape index (κ3) is 3.06. The third-order valence-electron chi connectivity index (χ3n) is 3.22. The van der Waals surface area contributed by atoms with Crippen LogP contribution in [0.2, 0.25) is 0 Å². The number of carbonyl (C=O) groups excluding carboxylic acids is 2. The van der Waals surface area contributed by atoms with E-state index in [1.165, 1.54) is 14.2 Å². The molecule has 1 aliphatic rings. The van der Waals surface area contributed by atoms with Gasteiger partial charge in [-0.3, -0.25) is 9.59 Å². The fourth-order valence-corrected chi connectivity index (χ4v) is 2.25. The van der Waals surface area contributed by atoms with E-state index < -0.39 is 6.04 Å². The number of ether oxygens (including phenoxy) is 2. The van der Waals surface area contributed by atoms with Crippen LogP contribution < -0.4 is 5.32 Å². The minimum atomic E-state index is -0.458. The van der Waals surface area contributed by atoms with E-state index >= 15 is 0 Å². The standard InChI is InChI=1S/C12H19NO4/c1-7(2)9-6-13-11(12(15)17-4)8(9)5-10(14)16-3/h8-9,11,13H,1,5-6H2,2-4H3/t8-,9+,11-/m0/s1. The Bertz CT molecular complexity index is 326. The van der Waals surface area contributed by atoms with E-state index in [4.69, 9.17) is 4.74 Å². The van der Waals surface area contributed by atoms with E-state index in [1.54, 1.807) is 0 Å². The van der Waals surface area contributed by atoms with Gasteiger partial charge in [0, 0.05) is 12.5 Å². The van der Waals surface area contributed by atoms with Crippen LogP contribution >= 0.6 is 0 Å². The van der Waals surface area contributed by atoms with Crippen molar-refractivity contribution >= 4 is 11.9 Å². The maximum absolute atomic E-state index is 11.6. The summed E-state index contributed by atoms with van der Waals surface area (Å²) in [4.78, 5) is 23.0. The van der Waals surface area contributed by atoms with Crippen LogP contribution in [0.4, 0.5) is 0 Å². The van der Waals surface area contributed by atoms with Crippen molar-refractivity contribution in [2.24, 2.45) is 11.8 Å². The zero-order chi connectivity index (χ0) is 13.0. The van der Waals surface area contributed by atoms with Crippen molar-refractivity contribution in [2.45, 2.75) is 19.4 Å². The number of esters is 2. The minimum absolute atomic E-state index is 0.0956. The van der Waals surface area contributed by atoms with Crippen LogP contribution in [0.3, 0.4) is 0 Å². The average molecular weight is 241 g/mol. The lowest BCUT2D eigenvalue weighted by Crippen LogP contribution is -2.38. The molecular formula is C12H19NO4. The van der Waals surface area contributed by atoms with Gasteiger partial charge in [0.2, 0.25) is 0 Å². The first-order valence-electron chi connectivity index (χ1n) is 5.54. The monoisotopic (exact) mass is 241 g/mol. The van der Waals surface area contributed by atoms with Crippen molar-refractivity contribution in [3.05, 3.63) is 12.2 Å². The SMILES string of the molecule is C=C(C)[C@H]1CN[C@H](C(=O)OC)[C@H]1CC(=O)OC. The van der Waals surface area contributed by atoms with Gasteiger partial charge in [0.25, 0.3) is 0 Å². The predicted molar refractivity (Wildman–Crippen MR) is 62.2 cm³/mol. The normalized spacial score (nSPS) is 27.6. The van der Waals surface area contributed by atoms with E-state index in [9.17, 15) is 9.59 Å². The van der Waals surface area contributed by atoms with Gasteiger partial charge in [-0.15, -0.1) is 0 Å². The molecule has 0 saturated carbocycles. The smallest absolute Gasteiger partial charge is 0.323 e. The second kappa shape index (κ2) is 5.82. The quantitative estimate of drug-likeness (QED) is 0.573. The first-order valence-corrected chi connectivity index (χ1v) is 5.54. The zero-order valence-corrected chi connectivity index (χ0v) is 10.5. The predicted octanol–water partition coefficient (Wildman–Crippen LogP) is 0.503. The van der Waals surface area contributed by atoms with Gasteiger partial charge in [-0.25, -0.2) is 0 Å². The molecule has 1 fully saturated rings. The van der Waals surface area contributed by atoms with Crippen LogP contribution in [0.25, 0.3) is 0 Å². The lowest BCUT2D eigenvalue weighted by molar-refractivity contribution is -0.146. The number of carbonyl (C=O) groups is 2. The Morgan fingerprint density at radius 2 is 2.00 bits per heavy atom. The third-order valence-corrected chi connectivity index (χ3v) is 3.22. The molecule has 0 unspecified atom stereocenters. The van der Waals surface area contributed by atoms with E-state index in [1.807, 2.05) is 6.92 Å². The summed E-state index contributed by atoms with van der Waals surface area (Å²) in [5, 5.41) is 3.08. The van der Waals surface area contributed by atoms with Gasteiger partial charge in [0.05, 0.1) is 20.6 Å². The molecule has 0 aliphatic carbocycles. The Labute approximate surface area is 101 Å². The molecule has 3 atom stereocenters. The highest BCUT2D eigenvalue weighted by Crippen LogP contribution is 2.31. The van der Waals surface area contributed by atoms with Gasteiger partial charge < -0.3 is 14.8 Å². The number of rotatable bonds is 4. The molecule has 0 aromatic heterocycles. The maximum Gasteiger partial charge on any atom is 0.323 e. The lowest BCUT2D eigenvalue weighted by Gasteiger charge is -2.21. The topological polar surface area (TPSA) is 64.6 Å². The van der Waals surface area contributed by atoms with E-state index in [0.29, 0.717) is 6.54 Å². The maximum atomic E-state index is 11.6. The van der Waals surface area contributed by atoms with Crippen molar-refractivity contribution in [3.63, 3.8) is 0 Å². The highest BCUT2D eigenvalue weighted by atomic mass is 16.5. The molecule has 1 aliphatic heterocycles. The lowest BCUT2D eigenvalue weighted by atomic mass is 9.84. The molecule has 0 aromatic rings. The van der Waals surface area contributed by atoms with E-state index in [2.05, 4.69) is 16.6 Å². The molecule has 0 radical (unpaired) electrons. The molecule has 5 heteroatoms. The van der Waals surface area contributed by atoms with E-state index in [-0.39, 0.29) is 30.2 Å². The number of methoxy groups -OCH3 is 2. The van der Waals surface area contributed by atoms with Gasteiger partial charge in [0.1, 0.15) is 6.04 Å². The van der Waals surface area contributed by atoms with Gasteiger partial charge >= 0.3 is 11.9 Å². The van der Waals surface area contributed by atoms with Crippen LogP contribution in [0.5, 0.6) is 0 Å². The van der Waals surface area contributed by atoms with Gasteiger partial charge in [0.15, 0.2) is 0 Å². The van der Waals surface area contributed by atoms with Gasteiger partial charge in [-0.05, 0) is 12.8 Å². The van der Waals surface area contributed by atoms with Crippen molar-refractivity contribution in [3.8, 4) is 0 Å². The van der Waals surface area contributed by atoms with Crippen molar-refractivity contribution in [2.75, 3.05) is 20.8 Å². The summed E-state index contributed by atoms with van der Waals surface area (Å²) in [6.07, 6.45) is 0.195. The zero-order valence-electron chi connectivity index (χ0n) is 10.5. The Morgan fingerprint density at radius 3 is 2.47 bits per heavy atom. The number of hydrogen-bond acceptors (Lipinski definition) is 5. The molecule has 17 heavy (non-hydrogen) atoms. The molecule has 0 amide bonds. The molecule has 1 N–H and O–H groups in total. The summed E-state index contributed by atoms with van der Waals surface area (Å²) in [6.45, 7) is 6.43. The van der Waals surface area contributed by atoms with Crippen LogP contribution in [0.15, 0.2) is 12.2 Å². The van der Waals surface area contributed by atoms with Crippen molar-refractivity contribution < 1.29 is 19.1 Å². The highest BCUT2D eigenvalue weighted by Gasteiger charge is 2.42. The number of nitrogens with one attached hydrogen (secondary N) is 1. The molecule has 96 valence electrons. The fourth-order valence-electron chi connectivity index (χ4n) is 2.25. The summed E-state index contributed by atoms with van der Waals surface area (Å²) < 4.78 is 9.38. The molecule has 0 bridgehead atoms. The van der Waals surface area contributed by atoms with E-state index in [0.717, 1.165) is 5.57 Å². The molecular weight excluding hydrogens is 222 g/mol. The molecule has 1 rings (SSSR count). The average Bonchev–Trinajstić information content (AvgIpc) is 2.71. The van der Waals surface area contributed by atoms with Crippen LogP contribution in [0.1, 0.15) is 13.3 Å². The fraction of sp³-hybridized carbons (Fsp3) is 0.667. The molecule has 0 spiro atoms. The Balaban J connectivity index is 2.82. The van der Waals surface area contributed by atoms with Gasteiger partial charge in [-0.1, -0.05) is 12.2 Å². The largest absolute Gasteiger partial charge is 0.469 e. The highest BCUT2D eigenvalue weighted by molar-refractivity contribution is 5.78. The summed E-state index contributed by atoms with van der Waals surface area (Å²) in [6, 6.07) is -0.458. The second-order valence-corrected chi connectivity index (χ2v) is 4.31.